The Balaban J connectivity index is 1.50. The zero-order valence-corrected chi connectivity index (χ0v) is 16.1. The number of halogens is 3. The van der Waals surface area contributed by atoms with Crippen molar-refractivity contribution in [2.75, 3.05) is 19.8 Å². The Morgan fingerprint density at radius 2 is 1.72 bits per heavy atom. The number of benzene rings is 2. The van der Waals surface area contributed by atoms with Crippen molar-refractivity contribution in [2.24, 2.45) is 0 Å². The van der Waals surface area contributed by atoms with Crippen LogP contribution in [0.3, 0.4) is 0 Å². The van der Waals surface area contributed by atoms with Crippen molar-refractivity contribution in [1.29, 1.82) is 0 Å². The number of hydrogen-bond donors (Lipinski definition) is 1. The lowest BCUT2D eigenvalue weighted by Crippen LogP contribution is -2.43. The summed E-state index contributed by atoms with van der Waals surface area (Å²) in [6, 6.07) is 9.12. The lowest BCUT2D eigenvalue weighted by atomic mass is 9.74. The molecule has 2 aromatic rings. The molecule has 1 saturated carbocycles. The average molecular weight is 403 g/mol. The molecular weight excluding hydrogens is 379 g/mol. The van der Waals surface area contributed by atoms with E-state index < -0.39 is 23.9 Å². The van der Waals surface area contributed by atoms with Crippen LogP contribution in [0, 0.1) is 11.6 Å². The Morgan fingerprint density at radius 3 is 2.28 bits per heavy atom. The molecule has 0 aromatic heterocycles. The Morgan fingerprint density at radius 1 is 1.07 bits per heavy atom. The second-order valence-electron chi connectivity index (χ2n) is 8.28. The van der Waals surface area contributed by atoms with E-state index in [1.54, 1.807) is 18.2 Å². The molecule has 0 spiro atoms. The van der Waals surface area contributed by atoms with Gasteiger partial charge in [0.25, 0.3) is 0 Å². The molecule has 0 unspecified atom stereocenters. The third-order valence-corrected chi connectivity index (χ3v) is 6.41. The van der Waals surface area contributed by atoms with Crippen LogP contribution in [-0.4, -0.2) is 35.7 Å². The molecule has 29 heavy (non-hydrogen) atoms. The Hall–Kier alpha value is -2.34. The monoisotopic (exact) mass is 403 g/mol. The van der Waals surface area contributed by atoms with Gasteiger partial charge >= 0.3 is 5.97 Å². The highest BCUT2D eigenvalue weighted by Crippen LogP contribution is 2.44. The second-order valence-corrected chi connectivity index (χ2v) is 8.28. The van der Waals surface area contributed by atoms with E-state index in [9.17, 15) is 23.1 Å². The van der Waals surface area contributed by atoms with Crippen LogP contribution in [-0.2, 0) is 12.0 Å². The molecular formula is C23H24F3NO2. The zero-order chi connectivity index (χ0) is 20.6. The van der Waals surface area contributed by atoms with Gasteiger partial charge in [-0.2, -0.15) is 0 Å². The number of alkyl halides is 1. The predicted molar refractivity (Wildman–Crippen MR) is 104 cm³/mol. The van der Waals surface area contributed by atoms with Gasteiger partial charge in [0.2, 0.25) is 0 Å². The van der Waals surface area contributed by atoms with Gasteiger partial charge in [-0.25, -0.2) is 13.6 Å². The van der Waals surface area contributed by atoms with E-state index in [1.165, 1.54) is 18.2 Å². The number of nitrogens with zero attached hydrogens (tertiary/aromatic N) is 1. The molecule has 0 atom stereocenters. The van der Waals surface area contributed by atoms with Gasteiger partial charge in [0, 0.05) is 12.0 Å². The maximum Gasteiger partial charge on any atom is 0.338 e. The normalized spacial score (nSPS) is 19.3. The first kappa shape index (κ1) is 20.0. The van der Waals surface area contributed by atoms with Gasteiger partial charge in [-0.15, -0.1) is 0 Å². The number of carboxylic acids is 1. The van der Waals surface area contributed by atoms with E-state index in [2.05, 4.69) is 4.90 Å². The van der Waals surface area contributed by atoms with Crippen molar-refractivity contribution < 1.29 is 23.1 Å². The van der Waals surface area contributed by atoms with E-state index in [0.717, 1.165) is 24.0 Å². The third kappa shape index (κ3) is 3.90. The SMILES string of the molecule is O=C(O)c1ccc(CN2CCC(CF)(c3ccc(F)cc3)CC2)c(C2CC2)c1F. The number of carboxylic acid groups (broad SMARTS) is 1. The first-order valence-electron chi connectivity index (χ1n) is 10.0. The maximum absolute atomic E-state index is 14.8. The summed E-state index contributed by atoms with van der Waals surface area (Å²) in [7, 11) is 0. The van der Waals surface area contributed by atoms with Gasteiger partial charge in [0.05, 0.1) is 12.2 Å². The summed E-state index contributed by atoms with van der Waals surface area (Å²) in [5.41, 5.74) is 1.29. The van der Waals surface area contributed by atoms with Crippen LogP contribution < -0.4 is 0 Å². The number of likely N-dealkylation sites (tertiary alicyclic amines) is 1. The number of rotatable bonds is 6. The number of hydrogen-bond acceptors (Lipinski definition) is 2. The lowest BCUT2D eigenvalue weighted by Gasteiger charge is -2.40. The first-order chi connectivity index (χ1) is 13.9. The Labute approximate surface area is 168 Å². The zero-order valence-electron chi connectivity index (χ0n) is 16.1. The van der Waals surface area contributed by atoms with Crippen LogP contribution in [0.15, 0.2) is 36.4 Å². The summed E-state index contributed by atoms with van der Waals surface area (Å²) in [6.45, 7) is 1.32. The van der Waals surface area contributed by atoms with Crippen molar-refractivity contribution in [3.05, 3.63) is 70.3 Å². The van der Waals surface area contributed by atoms with Crippen molar-refractivity contribution in [3.8, 4) is 0 Å². The first-order valence-corrected chi connectivity index (χ1v) is 10.0. The van der Waals surface area contributed by atoms with Gasteiger partial charge in [-0.05, 0) is 79.6 Å². The predicted octanol–water partition coefficient (Wildman–Crippen LogP) is 5.04. The van der Waals surface area contributed by atoms with Gasteiger partial charge in [-0.1, -0.05) is 18.2 Å². The highest BCUT2D eigenvalue weighted by atomic mass is 19.1. The Kier molecular flexibility index (Phi) is 5.38. The molecule has 1 aliphatic carbocycles. The number of piperidine rings is 1. The molecule has 4 rings (SSSR count). The summed E-state index contributed by atoms with van der Waals surface area (Å²) in [5.74, 6) is -2.10. The fraction of sp³-hybridized carbons (Fsp3) is 0.435. The van der Waals surface area contributed by atoms with E-state index >= 15 is 0 Å². The Bertz CT molecular complexity index is 901. The number of aromatic carboxylic acids is 1. The summed E-state index contributed by atoms with van der Waals surface area (Å²) in [5, 5.41) is 9.21. The standard InChI is InChI=1S/C23H24F3NO2/c24-14-23(17-4-6-18(25)7-5-17)9-11-27(12-10-23)13-16-3-8-19(22(28)29)21(26)20(16)15-1-2-15/h3-8,15H,1-2,9-14H2,(H,28,29). The molecule has 154 valence electrons. The summed E-state index contributed by atoms with van der Waals surface area (Å²) in [4.78, 5) is 13.4. The minimum Gasteiger partial charge on any atom is -0.478 e. The summed E-state index contributed by atoms with van der Waals surface area (Å²) < 4.78 is 42.0. The van der Waals surface area contributed by atoms with Crippen LogP contribution in [0.1, 0.15) is 58.6 Å². The molecule has 0 radical (unpaired) electrons. The smallest absolute Gasteiger partial charge is 0.338 e. The van der Waals surface area contributed by atoms with E-state index in [-0.39, 0.29) is 17.3 Å². The minimum atomic E-state index is -1.25. The van der Waals surface area contributed by atoms with Gasteiger partial charge in [0.1, 0.15) is 11.6 Å². The molecule has 1 N–H and O–H groups in total. The topological polar surface area (TPSA) is 40.5 Å². The van der Waals surface area contributed by atoms with E-state index in [1.807, 2.05) is 0 Å². The van der Waals surface area contributed by atoms with Gasteiger partial charge < -0.3 is 5.11 Å². The van der Waals surface area contributed by atoms with Crippen molar-refractivity contribution >= 4 is 5.97 Å². The highest BCUT2D eigenvalue weighted by Gasteiger charge is 2.37. The molecule has 2 aliphatic rings. The lowest BCUT2D eigenvalue weighted by molar-refractivity contribution is 0.0691. The molecule has 2 fully saturated rings. The quantitative estimate of drug-likeness (QED) is 0.734. The molecule has 3 nitrogen and oxygen atoms in total. The van der Waals surface area contributed by atoms with E-state index in [4.69, 9.17) is 0 Å². The van der Waals surface area contributed by atoms with Crippen LogP contribution in [0.5, 0.6) is 0 Å². The minimum absolute atomic E-state index is 0.0956. The number of carbonyl (C=O) groups is 1. The maximum atomic E-state index is 14.8. The fourth-order valence-corrected chi connectivity index (χ4v) is 4.43. The molecule has 1 saturated heterocycles. The van der Waals surface area contributed by atoms with Crippen LogP contribution in [0.25, 0.3) is 0 Å². The highest BCUT2D eigenvalue weighted by molar-refractivity contribution is 5.88. The second kappa shape index (κ2) is 7.82. The van der Waals surface area contributed by atoms with Crippen LogP contribution in [0.4, 0.5) is 13.2 Å². The van der Waals surface area contributed by atoms with Crippen molar-refractivity contribution in [2.45, 2.75) is 43.6 Å². The van der Waals surface area contributed by atoms with Gasteiger partial charge in [0.15, 0.2) is 0 Å². The average Bonchev–Trinajstić information content (AvgIpc) is 3.54. The fourth-order valence-electron chi connectivity index (χ4n) is 4.43. The molecule has 2 aromatic carbocycles. The van der Waals surface area contributed by atoms with Crippen molar-refractivity contribution in [1.82, 2.24) is 4.90 Å². The van der Waals surface area contributed by atoms with Crippen molar-refractivity contribution in [3.63, 3.8) is 0 Å². The molecule has 0 amide bonds. The molecule has 1 aliphatic heterocycles. The molecule has 6 heteroatoms. The van der Waals surface area contributed by atoms with Crippen LogP contribution >= 0.6 is 0 Å². The molecule has 1 heterocycles. The largest absolute Gasteiger partial charge is 0.478 e. The van der Waals surface area contributed by atoms with Gasteiger partial charge in [-0.3, -0.25) is 9.29 Å². The third-order valence-electron chi connectivity index (χ3n) is 6.41. The van der Waals surface area contributed by atoms with Crippen LogP contribution in [0.2, 0.25) is 0 Å². The summed E-state index contributed by atoms with van der Waals surface area (Å²) in [6.07, 6.45) is 2.96. The molecule has 0 bridgehead atoms. The van der Waals surface area contributed by atoms with E-state index in [0.29, 0.717) is 38.0 Å². The summed E-state index contributed by atoms with van der Waals surface area (Å²) >= 11 is 0.